The number of benzene rings is 2. The number of nitrogens with zero attached hydrogens (tertiary/aromatic N) is 1. The fourth-order valence-corrected chi connectivity index (χ4v) is 2.27. The summed E-state index contributed by atoms with van der Waals surface area (Å²) >= 11 is 3.31. The van der Waals surface area contributed by atoms with Gasteiger partial charge in [-0.2, -0.15) is 5.10 Å². The Labute approximate surface area is 140 Å². The largest absolute Gasteiger partial charge is 0.452 e. The van der Waals surface area contributed by atoms with E-state index in [9.17, 15) is 9.59 Å². The number of esters is 1. The predicted octanol–water partition coefficient (Wildman–Crippen LogP) is 3.12. The Morgan fingerprint density at radius 2 is 1.96 bits per heavy atom. The number of rotatable bonds is 4. The van der Waals surface area contributed by atoms with Crippen molar-refractivity contribution in [3.63, 3.8) is 0 Å². The van der Waals surface area contributed by atoms with Gasteiger partial charge in [-0.05, 0) is 36.4 Å². The molecule has 0 fully saturated rings. The van der Waals surface area contributed by atoms with E-state index in [1.54, 1.807) is 48.7 Å². The van der Waals surface area contributed by atoms with E-state index in [1.165, 1.54) is 0 Å². The second-order valence-corrected chi connectivity index (χ2v) is 5.72. The average Bonchev–Trinajstić information content (AvgIpc) is 3.02. The van der Waals surface area contributed by atoms with Gasteiger partial charge in [-0.15, -0.1) is 0 Å². The molecule has 0 saturated carbocycles. The first kappa shape index (κ1) is 15.2. The number of nitrogens with one attached hydrogen (secondary N) is 2. The standard InChI is InChI=1S/C16H12BrN3O3/c17-12-3-5-13(6-4-12)19-15(21)9-23-16(22)10-1-2-11-8-18-20-14(11)7-10/h1-8H,9H2,(H,18,20)(H,19,21). The van der Waals surface area contributed by atoms with Crippen molar-refractivity contribution in [1.29, 1.82) is 0 Å². The van der Waals surface area contributed by atoms with Gasteiger partial charge in [0, 0.05) is 15.5 Å². The second kappa shape index (κ2) is 6.62. The molecule has 1 heterocycles. The first-order valence-corrected chi connectivity index (χ1v) is 7.57. The summed E-state index contributed by atoms with van der Waals surface area (Å²) in [6.45, 7) is -0.351. The topological polar surface area (TPSA) is 84.1 Å². The zero-order valence-electron chi connectivity index (χ0n) is 11.9. The third-order valence-corrected chi connectivity index (χ3v) is 3.67. The summed E-state index contributed by atoms with van der Waals surface area (Å²) in [7, 11) is 0. The van der Waals surface area contributed by atoms with Crippen LogP contribution in [-0.2, 0) is 9.53 Å². The van der Waals surface area contributed by atoms with Gasteiger partial charge >= 0.3 is 5.97 Å². The van der Waals surface area contributed by atoms with Gasteiger partial charge in [-0.25, -0.2) is 4.79 Å². The van der Waals surface area contributed by atoms with Gasteiger partial charge < -0.3 is 10.1 Å². The maximum atomic E-state index is 12.0. The molecule has 1 aromatic heterocycles. The van der Waals surface area contributed by atoms with Gasteiger partial charge in [0.25, 0.3) is 5.91 Å². The summed E-state index contributed by atoms with van der Waals surface area (Å²) in [5.74, 6) is -0.962. The van der Waals surface area contributed by atoms with Crippen molar-refractivity contribution >= 4 is 44.4 Å². The van der Waals surface area contributed by atoms with Crippen LogP contribution in [0.2, 0.25) is 0 Å². The van der Waals surface area contributed by atoms with Crippen molar-refractivity contribution in [2.45, 2.75) is 0 Å². The van der Waals surface area contributed by atoms with E-state index in [-0.39, 0.29) is 6.61 Å². The minimum atomic E-state index is -0.563. The number of amides is 1. The molecule has 0 radical (unpaired) electrons. The number of aromatic amines is 1. The molecule has 0 bridgehead atoms. The van der Waals surface area contributed by atoms with E-state index < -0.39 is 11.9 Å². The number of carbonyl (C=O) groups excluding carboxylic acids is 2. The van der Waals surface area contributed by atoms with Crippen LogP contribution in [0.1, 0.15) is 10.4 Å². The van der Waals surface area contributed by atoms with Crippen LogP contribution in [0, 0.1) is 0 Å². The average molecular weight is 374 g/mol. The lowest BCUT2D eigenvalue weighted by molar-refractivity contribution is -0.119. The highest BCUT2D eigenvalue weighted by Crippen LogP contribution is 2.15. The van der Waals surface area contributed by atoms with Crippen molar-refractivity contribution in [3.8, 4) is 0 Å². The molecule has 23 heavy (non-hydrogen) atoms. The summed E-state index contributed by atoms with van der Waals surface area (Å²) in [4.78, 5) is 23.8. The minimum absolute atomic E-state index is 0.351. The molecule has 0 aliphatic carbocycles. The Bertz CT molecular complexity index is 858. The Morgan fingerprint density at radius 1 is 1.17 bits per heavy atom. The lowest BCUT2D eigenvalue weighted by atomic mass is 10.2. The third kappa shape index (κ3) is 3.75. The first-order valence-electron chi connectivity index (χ1n) is 6.77. The van der Waals surface area contributed by atoms with Crippen molar-refractivity contribution in [3.05, 3.63) is 58.7 Å². The molecule has 0 aliphatic heterocycles. The van der Waals surface area contributed by atoms with Crippen molar-refractivity contribution in [2.75, 3.05) is 11.9 Å². The molecular formula is C16H12BrN3O3. The van der Waals surface area contributed by atoms with E-state index >= 15 is 0 Å². The molecule has 6 nitrogen and oxygen atoms in total. The molecule has 2 N–H and O–H groups in total. The Morgan fingerprint density at radius 3 is 2.74 bits per heavy atom. The lowest BCUT2D eigenvalue weighted by Crippen LogP contribution is -2.20. The number of fused-ring (bicyclic) bond motifs is 1. The van der Waals surface area contributed by atoms with Crippen molar-refractivity contribution in [2.24, 2.45) is 0 Å². The predicted molar refractivity (Wildman–Crippen MR) is 89.1 cm³/mol. The lowest BCUT2D eigenvalue weighted by Gasteiger charge is -2.07. The molecule has 3 rings (SSSR count). The molecule has 116 valence electrons. The van der Waals surface area contributed by atoms with Crippen LogP contribution < -0.4 is 5.32 Å². The molecule has 3 aromatic rings. The number of halogens is 1. The molecule has 0 aliphatic rings. The monoisotopic (exact) mass is 373 g/mol. The highest BCUT2D eigenvalue weighted by Gasteiger charge is 2.11. The van der Waals surface area contributed by atoms with Gasteiger partial charge in [0.2, 0.25) is 0 Å². The molecule has 1 amide bonds. The van der Waals surface area contributed by atoms with Gasteiger partial charge in [-0.3, -0.25) is 9.89 Å². The van der Waals surface area contributed by atoms with Crippen molar-refractivity contribution in [1.82, 2.24) is 10.2 Å². The quantitative estimate of drug-likeness (QED) is 0.688. The SMILES string of the molecule is O=C(COC(=O)c1ccc2cn[nH]c2c1)Nc1ccc(Br)cc1. The van der Waals surface area contributed by atoms with E-state index in [2.05, 4.69) is 31.4 Å². The molecule has 0 unspecified atom stereocenters. The zero-order valence-corrected chi connectivity index (χ0v) is 13.5. The molecular weight excluding hydrogens is 362 g/mol. The number of aromatic nitrogens is 2. The summed E-state index contributed by atoms with van der Waals surface area (Å²) < 4.78 is 5.93. The van der Waals surface area contributed by atoms with E-state index in [0.29, 0.717) is 11.3 Å². The number of ether oxygens (including phenoxy) is 1. The summed E-state index contributed by atoms with van der Waals surface area (Å²) in [5.41, 5.74) is 1.73. The highest BCUT2D eigenvalue weighted by molar-refractivity contribution is 9.10. The van der Waals surface area contributed by atoms with E-state index in [0.717, 1.165) is 15.4 Å². The van der Waals surface area contributed by atoms with Crippen LogP contribution in [0.4, 0.5) is 5.69 Å². The van der Waals surface area contributed by atoms with Gasteiger partial charge in [0.15, 0.2) is 6.61 Å². The van der Waals surface area contributed by atoms with Crippen LogP contribution in [0.3, 0.4) is 0 Å². The zero-order chi connectivity index (χ0) is 16.2. The maximum Gasteiger partial charge on any atom is 0.338 e. The molecule has 2 aromatic carbocycles. The Balaban J connectivity index is 1.57. The van der Waals surface area contributed by atoms with Gasteiger partial charge in [0.1, 0.15) is 0 Å². The molecule has 0 spiro atoms. The summed E-state index contributed by atoms with van der Waals surface area (Å²) in [6.07, 6.45) is 1.66. The smallest absolute Gasteiger partial charge is 0.338 e. The Hall–Kier alpha value is -2.67. The maximum absolute atomic E-state index is 12.0. The number of H-pyrrole nitrogens is 1. The van der Waals surface area contributed by atoms with Crippen LogP contribution in [0.15, 0.2) is 53.1 Å². The molecule has 0 saturated heterocycles. The van der Waals surface area contributed by atoms with Gasteiger partial charge in [-0.1, -0.05) is 22.0 Å². The van der Waals surface area contributed by atoms with Crippen LogP contribution >= 0.6 is 15.9 Å². The normalized spacial score (nSPS) is 10.5. The highest BCUT2D eigenvalue weighted by atomic mass is 79.9. The third-order valence-electron chi connectivity index (χ3n) is 3.14. The number of anilines is 1. The number of hydrogen-bond donors (Lipinski definition) is 2. The Kier molecular flexibility index (Phi) is 4.38. The van der Waals surface area contributed by atoms with Crippen LogP contribution in [0.5, 0.6) is 0 Å². The second-order valence-electron chi connectivity index (χ2n) is 4.80. The van der Waals surface area contributed by atoms with Crippen LogP contribution in [0.25, 0.3) is 10.9 Å². The minimum Gasteiger partial charge on any atom is -0.452 e. The van der Waals surface area contributed by atoms with Crippen LogP contribution in [-0.4, -0.2) is 28.7 Å². The number of carbonyl (C=O) groups is 2. The molecule has 7 heteroatoms. The van der Waals surface area contributed by atoms with Gasteiger partial charge in [0.05, 0.1) is 17.3 Å². The number of hydrogen-bond acceptors (Lipinski definition) is 4. The first-order chi connectivity index (χ1) is 11.1. The van der Waals surface area contributed by atoms with E-state index in [4.69, 9.17) is 4.74 Å². The van der Waals surface area contributed by atoms with Crippen molar-refractivity contribution < 1.29 is 14.3 Å². The fraction of sp³-hybridized carbons (Fsp3) is 0.0625. The molecule has 0 atom stereocenters. The fourth-order valence-electron chi connectivity index (χ4n) is 2.01. The van der Waals surface area contributed by atoms with E-state index in [1.807, 2.05) is 0 Å². The summed E-state index contributed by atoms with van der Waals surface area (Å²) in [6, 6.07) is 12.1. The summed E-state index contributed by atoms with van der Waals surface area (Å²) in [5, 5.41) is 10.2.